The molecule has 27 heavy (non-hydrogen) atoms. The maximum absolute atomic E-state index is 2.29. The Balaban J connectivity index is 1.63. The molecule has 0 atom stereocenters. The summed E-state index contributed by atoms with van der Waals surface area (Å²) in [6.45, 7) is 0. The van der Waals surface area contributed by atoms with E-state index in [2.05, 4.69) is 97.1 Å². The first-order valence-corrected chi connectivity index (χ1v) is 12.1. The molecule has 1 aromatic heterocycles. The van der Waals surface area contributed by atoms with Crippen molar-refractivity contribution >= 4 is 57.3 Å². The van der Waals surface area contributed by atoms with E-state index in [1.165, 1.54) is 38.9 Å². The summed E-state index contributed by atoms with van der Waals surface area (Å²) >= 11 is 4.10. The van der Waals surface area contributed by atoms with E-state index in [4.69, 9.17) is 0 Å². The van der Waals surface area contributed by atoms with Gasteiger partial charge >= 0.3 is 174 Å². The molecule has 0 fully saturated rings. The molecule has 0 saturated heterocycles. The Morgan fingerprint density at radius 2 is 0.889 bits per heavy atom. The molecule has 0 amide bonds. The molecule has 0 nitrogen and oxygen atoms in total. The normalized spacial score (nSPS) is 11.3. The zero-order valence-electron chi connectivity index (χ0n) is 14.5. The summed E-state index contributed by atoms with van der Waals surface area (Å²) < 4.78 is 3.05. The molecule has 3 heteroatoms. The number of hydrogen-bond acceptors (Lipinski definition) is 2. The van der Waals surface area contributed by atoms with Gasteiger partial charge in [-0.1, -0.05) is 0 Å². The average Bonchev–Trinajstić information content (AvgIpc) is 3.11. The van der Waals surface area contributed by atoms with Crippen LogP contribution in [-0.4, -0.2) is 14.5 Å². The summed E-state index contributed by atoms with van der Waals surface area (Å²) in [7, 11) is 0. The molecule has 0 spiro atoms. The SMILES string of the molecule is c1ccc(Sc2cccc3c2[se]c2c(Sc4ccccc4)cccc23)cc1. The fourth-order valence-electron chi connectivity index (χ4n) is 3.16. The third kappa shape index (κ3) is 3.49. The van der Waals surface area contributed by atoms with Crippen molar-refractivity contribution in [3.8, 4) is 0 Å². The first-order valence-electron chi connectivity index (χ1n) is 8.78. The summed E-state index contributed by atoms with van der Waals surface area (Å²) in [5.41, 5.74) is 0. The Labute approximate surface area is 173 Å². The van der Waals surface area contributed by atoms with Crippen molar-refractivity contribution < 1.29 is 0 Å². The van der Waals surface area contributed by atoms with Gasteiger partial charge in [0.1, 0.15) is 0 Å². The van der Waals surface area contributed by atoms with Crippen LogP contribution in [0.3, 0.4) is 0 Å². The number of rotatable bonds is 4. The predicted molar refractivity (Wildman–Crippen MR) is 120 cm³/mol. The van der Waals surface area contributed by atoms with Crippen molar-refractivity contribution in [2.75, 3.05) is 0 Å². The summed E-state index contributed by atoms with van der Waals surface area (Å²) in [5, 5.41) is 2.84. The molecule has 0 N–H and O–H groups in total. The minimum atomic E-state index is 0.335. The van der Waals surface area contributed by atoms with E-state index >= 15 is 0 Å². The van der Waals surface area contributed by atoms with Crippen LogP contribution in [0.25, 0.3) is 19.3 Å². The van der Waals surface area contributed by atoms with Crippen LogP contribution >= 0.6 is 23.5 Å². The predicted octanol–water partition coefficient (Wildman–Crippen LogP) is 7.35. The summed E-state index contributed by atoms with van der Waals surface area (Å²) in [6.07, 6.45) is 0. The molecule has 4 aromatic carbocycles. The molecule has 0 aliphatic rings. The molecule has 0 radical (unpaired) electrons. The molecular weight excluding hydrogens is 431 g/mol. The fourth-order valence-corrected chi connectivity index (χ4v) is 8.25. The molecule has 5 rings (SSSR count). The van der Waals surface area contributed by atoms with Gasteiger partial charge in [0.25, 0.3) is 0 Å². The molecule has 0 aliphatic carbocycles. The molecule has 1 heterocycles. The van der Waals surface area contributed by atoms with E-state index in [0.29, 0.717) is 14.5 Å². The van der Waals surface area contributed by atoms with Crippen molar-refractivity contribution in [1.29, 1.82) is 0 Å². The van der Waals surface area contributed by atoms with Gasteiger partial charge in [-0.2, -0.15) is 0 Å². The number of benzene rings is 4. The third-order valence-corrected chi connectivity index (χ3v) is 9.82. The van der Waals surface area contributed by atoms with Crippen LogP contribution in [0.1, 0.15) is 0 Å². The van der Waals surface area contributed by atoms with Gasteiger partial charge in [0, 0.05) is 0 Å². The molecule has 0 aliphatic heterocycles. The van der Waals surface area contributed by atoms with E-state index in [0.717, 1.165) is 0 Å². The second kappa shape index (κ2) is 7.61. The van der Waals surface area contributed by atoms with Gasteiger partial charge < -0.3 is 0 Å². The van der Waals surface area contributed by atoms with Crippen LogP contribution in [0.15, 0.2) is 117 Å². The van der Waals surface area contributed by atoms with Crippen LogP contribution in [0.2, 0.25) is 0 Å². The second-order valence-corrected chi connectivity index (χ2v) is 10.6. The molecule has 130 valence electrons. The third-order valence-electron chi connectivity index (χ3n) is 4.39. The Morgan fingerprint density at radius 1 is 0.444 bits per heavy atom. The van der Waals surface area contributed by atoms with Crippen LogP contribution in [0.4, 0.5) is 0 Å². The first kappa shape index (κ1) is 17.2. The molecule has 0 bridgehead atoms. The van der Waals surface area contributed by atoms with Gasteiger partial charge in [-0.05, 0) is 0 Å². The zero-order chi connectivity index (χ0) is 18.1. The van der Waals surface area contributed by atoms with Gasteiger partial charge in [0.05, 0.1) is 0 Å². The summed E-state index contributed by atoms with van der Waals surface area (Å²) in [5.74, 6) is 0. The molecule has 5 aromatic rings. The monoisotopic (exact) mass is 448 g/mol. The Hall–Kier alpha value is -1.90. The average molecular weight is 447 g/mol. The van der Waals surface area contributed by atoms with Gasteiger partial charge in [-0.15, -0.1) is 0 Å². The molecular formula is C24H16S2Se. The quantitative estimate of drug-likeness (QED) is 0.264. The van der Waals surface area contributed by atoms with Gasteiger partial charge in [0.15, 0.2) is 0 Å². The maximum atomic E-state index is 2.29. The van der Waals surface area contributed by atoms with Crippen LogP contribution < -0.4 is 0 Å². The van der Waals surface area contributed by atoms with Crippen LogP contribution in [0, 0.1) is 0 Å². The Bertz CT molecular complexity index is 1120. The summed E-state index contributed by atoms with van der Waals surface area (Å²) in [6, 6.07) is 34.9. The number of fused-ring (bicyclic) bond motifs is 3. The van der Waals surface area contributed by atoms with Crippen LogP contribution in [-0.2, 0) is 0 Å². The summed E-state index contributed by atoms with van der Waals surface area (Å²) in [4.78, 5) is 5.39. The van der Waals surface area contributed by atoms with Crippen molar-refractivity contribution in [3.05, 3.63) is 97.1 Å². The van der Waals surface area contributed by atoms with Gasteiger partial charge in [0.2, 0.25) is 0 Å². The van der Waals surface area contributed by atoms with Crippen molar-refractivity contribution in [2.45, 2.75) is 19.6 Å². The molecule has 0 unspecified atom stereocenters. The standard InChI is InChI=1S/C24H16S2Se/c1-3-9-17(10-4-1)25-21-15-7-13-19-20-14-8-16-22(24(20)27-23(19)21)26-18-11-5-2-6-12-18/h1-16H. The fraction of sp³-hybridized carbons (Fsp3) is 0. The van der Waals surface area contributed by atoms with E-state index in [1.807, 2.05) is 23.5 Å². The van der Waals surface area contributed by atoms with Crippen molar-refractivity contribution in [2.24, 2.45) is 0 Å². The van der Waals surface area contributed by atoms with Gasteiger partial charge in [-0.25, -0.2) is 0 Å². The van der Waals surface area contributed by atoms with E-state index in [-0.39, 0.29) is 0 Å². The molecule has 0 saturated carbocycles. The van der Waals surface area contributed by atoms with E-state index in [9.17, 15) is 0 Å². The van der Waals surface area contributed by atoms with Crippen molar-refractivity contribution in [3.63, 3.8) is 0 Å². The van der Waals surface area contributed by atoms with E-state index < -0.39 is 0 Å². The van der Waals surface area contributed by atoms with E-state index in [1.54, 1.807) is 0 Å². The topological polar surface area (TPSA) is 0 Å². The minimum absolute atomic E-state index is 0.335. The van der Waals surface area contributed by atoms with Gasteiger partial charge in [-0.3, -0.25) is 0 Å². The second-order valence-electron chi connectivity index (χ2n) is 6.20. The Morgan fingerprint density at radius 3 is 1.33 bits per heavy atom. The van der Waals surface area contributed by atoms with Crippen molar-refractivity contribution in [1.82, 2.24) is 0 Å². The Kier molecular flexibility index (Phi) is 4.85. The zero-order valence-corrected chi connectivity index (χ0v) is 17.8. The van der Waals surface area contributed by atoms with Crippen LogP contribution in [0.5, 0.6) is 0 Å². The first-order chi connectivity index (χ1) is 13.4. The number of hydrogen-bond donors (Lipinski definition) is 0.